The van der Waals surface area contributed by atoms with E-state index in [0.717, 1.165) is 44.5 Å². The molecule has 3 N–H and O–H groups in total. The summed E-state index contributed by atoms with van der Waals surface area (Å²) < 4.78 is 16.4. The second-order valence-electron chi connectivity index (χ2n) is 8.65. The first-order chi connectivity index (χ1) is 16.0. The molecule has 33 heavy (non-hydrogen) atoms. The molecule has 2 aliphatic rings. The molecule has 3 rings (SSSR count). The van der Waals surface area contributed by atoms with Crippen LogP contribution >= 0.6 is 0 Å². The molecule has 1 saturated heterocycles. The van der Waals surface area contributed by atoms with Crippen molar-refractivity contribution in [2.24, 2.45) is 5.92 Å². The van der Waals surface area contributed by atoms with Gasteiger partial charge in [0.1, 0.15) is 0 Å². The Labute approximate surface area is 195 Å². The molecule has 2 atom stereocenters. The molecule has 0 radical (unpaired) electrons. The second-order valence-corrected chi connectivity index (χ2v) is 8.65. The summed E-state index contributed by atoms with van der Waals surface area (Å²) in [5.41, 5.74) is 1.42. The van der Waals surface area contributed by atoms with E-state index in [0.29, 0.717) is 50.0 Å². The van der Waals surface area contributed by atoms with Gasteiger partial charge in [-0.05, 0) is 64.0 Å². The number of piperidine rings is 1. The Morgan fingerprint density at radius 2 is 2.09 bits per heavy atom. The van der Waals surface area contributed by atoms with Gasteiger partial charge in [-0.25, -0.2) is 0 Å². The number of nitrogens with one attached hydrogen (secondary N) is 2. The minimum absolute atomic E-state index is 0.00715. The first-order valence-electron chi connectivity index (χ1n) is 11.9. The maximum absolute atomic E-state index is 12.9. The Hall–Kier alpha value is -2.36. The van der Waals surface area contributed by atoms with Crippen LogP contribution in [0.1, 0.15) is 42.1 Å². The molecule has 2 heterocycles. The average molecular weight is 464 g/mol. The van der Waals surface area contributed by atoms with E-state index in [-0.39, 0.29) is 24.3 Å². The van der Waals surface area contributed by atoms with Gasteiger partial charge in [-0.3, -0.25) is 9.59 Å². The summed E-state index contributed by atoms with van der Waals surface area (Å²) >= 11 is 0. The summed E-state index contributed by atoms with van der Waals surface area (Å²) in [6, 6.07) is 3.71. The monoisotopic (exact) mass is 463 g/mol. The summed E-state index contributed by atoms with van der Waals surface area (Å²) in [6.07, 6.45) is 1.97. The maximum Gasteiger partial charge on any atom is 0.319 e. The molecule has 9 nitrogen and oxygen atoms in total. The van der Waals surface area contributed by atoms with Gasteiger partial charge < -0.3 is 34.9 Å². The highest BCUT2D eigenvalue weighted by molar-refractivity contribution is 5.98. The number of β-amino-alcohol motifs (C(OH)–C–C–N with tert-alkyl or cyclic N) is 1. The van der Waals surface area contributed by atoms with Crippen LogP contribution in [0.15, 0.2) is 12.1 Å². The molecule has 0 bridgehead atoms. The minimum Gasteiger partial charge on any atom is -0.490 e. The number of esters is 1. The molecule has 0 spiro atoms. The lowest BCUT2D eigenvalue weighted by molar-refractivity contribution is -0.142. The van der Waals surface area contributed by atoms with Crippen LogP contribution in [-0.2, 0) is 9.53 Å². The predicted octanol–water partition coefficient (Wildman–Crippen LogP) is 1.11. The van der Waals surface area contributed by atoms with Crippen LogP contribution < -0.4 is 20.1 Å². The van der Waals surface area contributed by atoms with Gasteiger partial charge in [0.15, 0.2) is 11.5 Å². The lowest BCUT2D eigenvalue weighted by Crippen LogP contribution is -2.48. The summed E-state index contributed by atoms with van der Waals surface area (Å²) in [7, 11) is 0. The number of carbonyl (C=O) groups excluding carboxylic acids is 2. The first-order valence-corrected chi connectivity index (χ1v) is 11.9. The Morgan fingerprint density at radius 3 is 2.88 bits per heavy atom. The van der Waals surface area contributed by atoms with Crippen LogP contribution in [0.25, 0.3) is 0 Å². The fourth-order valence-corrected chi connectivity index (χ4v) is 4.22. The fraction of sp³-hybridized carbons (Fsp3) is 0.667. The van der Waals surface area contributed by atoms with E-state index in [2.05, 4.69) is 15.5 Å². The number of likely N-dealkylation sites (tertiary alicyclic amines) is 1. The molecule has 1 aromatic carbocycles. The van der Waals surface area contributed by atoms with Gasteiger partial charge in [0.25, 0.3) is 5.91 Å². The number of aryl methyl sites for hydroxylation is 1. The van der Waals surface area contributed by atoms with E-state index in [9.17, 15) is 14.7 Å². The summed E-state index contributed by atoms with van der Waals surface area (Å²) in [4.78, 5) is 26.4. The highest BCUT2D eigenvalue weighted by atomic mass is 16.5. The van der Waals surface area contributed by atoms with Gasteiger partial charge in [0, 0.05) is 25.4 Å². The largest absolute Gasteiger partial charge is 0.490 e. The number of nitrogens with zero attached hydrogens (tertiary/aromatic N) is 1. The zero-order valence-electron chi connectivity index (χ0n) is 19.7. The van der Waals surface area contributed by atoms with Crippen molar-refractivity contribution in [3.05, 3.63) is 23.3 Å². The molecule has 9 heteroatoms. The molecule has 1 amide bonds. The maximum atomic E-state index is 12.9. The SMILES string of the molecule is CCOC(=O)CNCCCN1CC[C@@H](CNC(=O)c2cc(C)cc3c2OCCCO3)[C@H](O)C1. The van der Waals surface area contributed by atoms with E-state index in [1.165, 1.54) is 0 Å². The van der Waals surface area contributed by atoms with Crippen molar-refractivity contribution < 1.29 is 28.9 Å². The quantitative estimate of drug-likeness (QED) is 0.350. The Kier molecular flexibility index (Phi) is 9.77. The smallest absolute Gasteiger partial charge is 0.319 e. The lowest BCUT2D eigenvalue weighted by atomic mass is 9.93. The van der Waals surface area contributed by atoms with Crippen LogP contribution in [0.4, 0.5) is 0 Å². The molecule has 0 aliphatic carbocycles. The predicted molar refractivity (Wildman–Crippen MR) is 124 cm³/mol. The van der Waals surface area contributed by atoms with Crippen LogP contribution in [0.3, 0.4) is 0 Å². The number of ether oxygens (including phenoxy) is 3. The van der Waals surface area contributed by atoms with Crippen molar-refractivity contribution >= 4 is 11.9 Å². The van der Waals surface area contributed by atoms with Crippen LogP contribution in [0.5, 0.6) is 11.5 Å². The molecule has 184 valence electrons. The van der Waals surface area contributed by atoms with Crippen LogP contribution in [0, 0.1) is 12.8 Å². The standard InChI is InChI=1S/C24H37N3O6/c1-3-31-22(29)15-25-7-4-8-27-9-6-18(20(28)16-27)14-26-24(30)19-12-17(2)13-21-23(19)33-11-5-10-32-21/h12-13,18,20,25,28H,3-11,14-16H2,1-2H3,(H,26,30)/t18-,20+/m0/s1. The van der Waals surface area contributed by atoms with Gasteiger partial charge in [-0.2, -0.15) is 0 Å². The Morgan fingerprint density at radius 1 is 1.27 bits per heavy atom. The number of fused-ring (bicyclic) bond motifs is 1. The molecule has 2 aliphatic heterocycles. The summed E-state index contributed by atoms with van der Waals surface area (Å²) in [6.45, 7) is 8.85. The van der Waals surface area contributed by atoms with Gasteiger partial charge in [0.05, 0.1) is 38.0 Å². The third-order valence-corrected chi connectivity index (χ3v) is 5.97. The van der Waals surface area contributed by atoms with E-state index < -0.39 is 6.10 Å². The zero-order valence-corrected chi connectivity index (χ0v) is 19.7. The normalized spacial score (nSPS) is 20.7. The number of rotatable bonds is 10. The molecule has 1 aromatic rings. The summed E-state index contributed by atoms with van der Waals surface area (Å²) in [5.74, 6) is 0.678. The van der Waals surface area contributed by atoms with Crippen molar-refractivity contribution in [1.29, 1.82) is 0 Å². The van der Waals surface area contributed by atoms with Gasteiger partial charge >= 0.3 is 5.97 Å². The fourth-order valence-electron chi connectivity index (χ4n) is 4.22. The van der Waals surface area contributed by atoms with Crippen molar-refractivity contribution in [2.75, 3.05) is 59.1 Å². The number of amides is 1. The number of hydrogen-bond acceptors (Lipinski definition) is 8. The summed E-state index contributed by atoms with van der Waals surface area (Å²) in [5, 5.41) is 16.7. The molecule has 1 fully saturated rings. The number of carbonyl (C=O) groups is 2. The highest BCUT2D eigenvalue weighted by Gasteiger charge is 2.28. The molecule has 0 unspecified atom stereocenters. The van der Waals surface area contributed by atoms with E-state index in [4.69, 9.17) is 14.2 Å². The van der Waals surface area contributed by atoms with Gasteiger partial charge in [0.2, 0.25) is 0 Å². The topological polar surface area (TPSA) is 109 Å². The van der Waals surface area contributed by atoms with E-state index in [1.54, 1.807) is 6.92 Å². The Bertz CT molecular complexity index is 803. The third-order valence-electron chi connectivity index (χ3n) is 5.97. The molecule has 0 saturated carbocycles. The minimum atomic E-state index is -0.499. The number of aliphatic hydroxyl groups excluding tert-OH is 1. The van der Waals surface area contributed by atoms with Gasteiger partial charge in [-0.1, -0.05) is 0 Å². The second kappa shape index (κ2) is 12.8. The van der Waals surface area contributed by atoms with E-state index in [1.807, 2.05) is 19.1 Å². The van der Waals surface area contributed by atoms with Crippen LogP contribution in [0.2, 0.25) is 0 Å². The number of hydrogen-bond donors (Lipinski definition) is 3. The number of aliphatic hydroxyl groups is 1. The van der Waals surface area contributed by atoms with E-state index >= 15 is 0 Å². The third kappa shape index (κ3) is 7.58. The lowest BCUT2D eigenvalue weighted by Gasteiger charge is -2.36. The molecular formula is C24H37N3O6. The van der Waals surface area contributed by atoms with Crippen LogP contribution in [-0.4, -0.2) is 87.1 Å². The average Bonchev–Trinajstić information content (AvgIpc) is 3.03. The number of benzene rings is 1. The highest BCUT2D eigenvalue weighted by Crippen LogP contribution is 2.34. The van der Waals surface area contributed by atoms with Crippen molar-refractivity contribution in [1.82, 2.24) is 15.5 Å². The van der Waals surface area contributed by atoms with Crippen molar-refractivity contribution in [3.63, 3.8) is 0 Å². The molecular weight excluding hydrogens is 426 g/mol. The van der Waals surface area contributed by atoms with Gasteiger partial charge in [-0.15, -0.1) is 0 Å². The van der Waals surface area contributed by atoms with Crippen molar-refractivity contribution in [3.8, 4) is 11.5 Å². The zero-order chi connectivity index (χ0) is 23.6. The molecule has 0 aromatic heterocycles. The first kappa shape index (κ1) is 25.3. The van der Waals surface area contributed by atoms with Crippen molar-refractivity contribution in [2.45, 2.75) is 39.2 Å². The Balaban J connectivity index is 1.41.